The fourth-order valence-electron chi connectivity index (χ4n) is 2.22. The molecule has 8 heteroatoms. The van der Waals surface area contributed by atoms with Crippen LogP contribution in [-0.2, 0) is 27.6 Å². The van der Waals surface area contributed by atoms with Crippen molar-refractivity contribution in [1.82, 2.24) is 18.7 Å². The van der Waals surface area contributed by atoms with Gasteiger partial charge in [-0.2, -0.15) is 0 Å². The summed E-state index contributed by atoms with van der Waals surface area (Å²) in [6, 6.07) is 0. The number of quaternary nitrogens is 1. The van der Waals surface area contributed by atoms with Gasteiger partial charge in [-0.25, -0.2) is 9.78 Å². The van der Waals surface area contributed by atoms with E-state index in [0.717, 1.165) is 27.8 Å². The van der Waals surface area contributed by atoms with E-state index in [1.165, 1.54) is 11.6 Å². The number of halogens is 1. The Morgan fingerprint density at radius 3 is 2.10 bits per heavy atom. The molecule has 2 aromatic rings. The zero-order valence-electron chi connectivity index (χ0n) is 13.3. The molecule has 0 aliphatic rings. The second-order valence-electron chi connectivity index (χ2n) is 6.23. The summed E-state index contributed by atoms with van der Waals surface area (Å²) < 4.78 is 5.16. The van der Waals surface area contributed by atoms with Crippen LogP contribution < -0.4 is 35.2 Å². The molecule has 0 fully saturated rings. The lowest BCUT2D eigenvalue weighted by atomic mass is 10.3. The fraction of sp³-hybridized carbons (Fsp3) is 0.615. The predicted octanol–water partition coefficient (Wildman–Crippen LogP) is -3.78. The van der Waals surface area contributed by atoms with Crippen LogP contribution >= 0.6 is 0 Å². The molecule has 0 bridgehead atoms. The van der Waals surface area contributed by atoms with Crippen LogP contribution in [0.2, 0.25) is 0 Å². The van der Waals surface area contributed by atoms with E-state index >= 15 is 0 Å². The van der Waals surface area contributed by atoms with E-state index in [9.17, 15) is 9.59 Å². The van der Waals surface area contributed by atoms with Gasteiger partial charge in [0, 0.05) is 21.1 Å². The Morgan fingerprint density at radius 1 is 1.00 bits per heavy atom. The van der Waals surface area contributed by atoms with Crippen LogP contribution in [0.25, 0.3) is 11.2 Å². The Balaban J connectivity index is 0.00000220. The third-order valence-electron chi connectivity index (χ3n) is 3.57. The molecule has 118 valence electrons. The second-order valence-corrected chi connectivity index (χ2v) is 6.23. The number of hydrogen-bond donors (Lipinski definition) is 0. The second kappa shape index (κ2) is 5.91. The number of hydrogen-bond acceptors (Lipinski definition) is 3. The van der Waals surface area contributed by atoms with Gasteiger partial charge in [0.1, 0.15) is 5.82 Å². The van der Waals surface area contributed by atoms with Gasteiger partial charge in [0.05, 0.1) is 34.1 Å². The predicted molar refractivity (Wildman–Crippen MR) is 77.8 cm³/mol. The van der Waals surface area contributed by atoms with Crippen LogP contribution in [-0.4, -0.2) is 50.9 Å². The highest BCUT2D eigenvalue weighted by atomic mass is 127. The fourth-order valence-corrected chi connectivity index (χ4v) is 2.22. The summed E-state index contributed by atoms with van der Waals surface area (Å²) >= 11 is 0. The van der Waals surface area contributed by atoms with E-state index in [1.54, 1.807) is 11.6 Å². The number of aryl methyl sites for hydroxylation is 2. The first-order valence-corrected chi connectivity index (χ1v) is 6.55. The molecule has 0 saturated carbocycles. The maximum absolute atomic E-state index is 12.2. The lowest BCUT2D eigenvalue weighted by molar-refractivity contribution is -0.870. The van der Waals surface area contributed by atoms with Gasteiger partial charge >= 0.3 is 5.69 Å². The zero-order chi connectivity index (χ0) is 15.2. The lowest BCUT2D eigenvalue weighted by Gasteiger charge is -2.23. The van der Waals surface area contributed by atoms with Crippen LogP contribution in [0.15, 0.2) is 9.59 Å². The summed E-state index contributed by atoms with van der Waals surface area (Å²) in [6.45, 7) is 0.908. The average molecular weight is 407 g/mol. The first-order valence-electron chi connectivity index (χ1n) is 6.55. The lowest BCUT2D eigenvalue weighted by Crippen LogP contribution is -3.00. The summed E-state index contributed by atoms with van der Waals surface area (Å²) in [7, 11) is 11.3. The molecular weight excluding hydrogens is 385 g/mol. The maximum atomic E-state index is 12.2. The van der Waals surface area contributed by atoms with Crippen LogP contribution in [0.5, 0.6) is 0 Å². The van der Waals surface area contributed by atoms with Crippen LogP contribution in [0.3, 0.4) is 0 Å². The first kappa shape index (κ1) is 17.9. The SMILES string of the molecule is Cn1c(=O)c2c(nc(CC[N+](C)(C)C)n2C)n(C)c1=O.[I-]. The summed E-state index contributed by atoms with van der Waals surface area (Å²) in [5.41, 5.74) is 0.288. The van der Waals surface area contributed by atoms with Crippen molar-refractivity contribution in [3.63, 3.8) is 0 Å². The molecule has 0 atom stereocenters. The van der Waals surface area contributed by atoms with E-state index in [1.807, 2.05) is 7.05 Å². The number of likely N-dealkylation sites (N-methyl/N-ethyl adjacent to an activating group) is 1. The third-order valence-corrected chi connectivity index (χ3v) is 3.57. The summed E-state index contributed by atoms with van der Waals surface area (Å²) in [6.07, 6.45) is 0.756. The van der Waals surface area contributed by atoms with E-state index in [-0.39, 0.29) is 35.2 Å². The largest absolute Gasteiger partial charge is 1.00 e. The van der Waals surface area contributed by atoms with Gasteiger partial charge < -0.3 is 33.0 Å². The normalized spacial score (nSPS) is 11.7. The van der Waals surface area contributed by atoms with Gasteiger partial charge in [-0.15, -0.1) is 0 Å². The molecule has 0 aliphatic carbocycles. The third kappa shape index (κ3) is 3.20. The molecular formula is C13H22IN5O2. The molecule has 0 unspecified atom stereocenters. The molecule has 7 nitrogen and oxygen atoms in total. The number of imidazole rings is 1. The molecule has 2 rings (SSSR count). The van der Waals surface area contributed by atoms with E-state index in [4.69, 9.17) is 0 Å². The van der Waals surface area contributed by atoms with Crippen molar-refractivity contribution in [2.75, 3.05) is 27.7 Å². The first-order chi connectivity index (χ1) is 9.13. The minimum absolute atomic E-state index is 0. The van der Waals surface area contributed by atoms with E-state index in [2.05, 4.69) is 26.1 Å². The van der Waals surface area contributed by atoms with Crippen molar-refractivity contribution >= 4 is 11.2 Å². The average Bonchev–Trinajstić information content (AvgIpc) is 2.68. The van der Waals surface area contributed by atoms with E-state index in [0.29, 0.717) is 11.2 Å². The highest BCUT2D eigenvalue weighted by Crippen LogP contribution is 2.10. The number of aromatic nitrogens is 4. The van der Waals surface area contributed by atoms with Crippen molar-refractivity contribution in [1.29, 1.82) is 0 Å². The molecule has 2 heterocycles. The van der Waals surface area contributed by atoms with Gasteiger partial charge in [0.2, 0.25) is 0 Å². The van der Waals surface area contributed by atoms with Gasteiger partial charge in [-0.3, -0.25) is 13.9 Å². The van der Waals surface area contributed by atoms with Crippen LogP contribution in [0.1, 0.15) is 5.82 Å². The minimum Gasteiger partial charge on any atom is -1.00 e. The van der Waals surface area contributed by atoms with Crippen molar-refractivity contribution in [3.05, 3.63) is 26.7 Å². The molecule has 0 aliphatic heterocycles. The highest BCUT2D eigenvalue weighted by Gasteiger charge is 2.18. The molecule has 0 radical (unpaired) electrons. The minimum atomic E-state index is -0.348. The van der Waals surface area contributed by atoms with Gasteiger partial charge in [-0.1, -0.05) is 0 Å². The van der Waals surface area contributed by atoms with Gasteiger partial charge in [0.15, 0.2) is 11.2 Å². The summed E-state index contributed by atoms with van der Waals surface area (Å²) in [5.74, 6) is 0.825. The van der Waals surface area contributed by atoms with Crippen molar-refractivity contribution in [2.24, 2.45) is 21.1 Å². The Bertz CT molecular complexity index is 779. The Morgan fingerprint density at radius 2 is 1.57 bits per heavy atom. The highest BCUT2D eigenvalue weighted by molar-refractivity contribution is 5.70. The van der Waals surface area contributed by atoms with Crippen LogP contribution in [0, 0.1) is 0 Å². The van der Waals surface area contributed by atoms with Crippen LogP contribution in [0.4, 0.5) is 0 Å². The van der Waals surface area contributed by atoms with Gasteiger partial charge in [0.25, 0.3) is 5.56 Å². The van der Waals surface area contributed by atoms with Crippen molar-refractivity contribution in [2.45, 2.75) is 6.42 Å². The molecule has 0 amide bonds. The topological polar surface area (TPSA) is 61.8 Å². The summed E-state index contributed by atoms with van der Waals surface area (Å²) in [5, 5.41) is 0. The van der Waals surface area contributed by atoms with Crippen molar-refractivity contribution < 1.29 is 28.5 Å². The molecule has 0 aromatic carbocycles. The number of rotatable bonds is 3. The smallest absolute Gasteiger partial charge is 0.332 e. The molecule has 0 spiro atoms. The summed E-state index contributed by atoms with van der Waals surface area (Å²) in [4.78, 5) is 28.6. The standard InChI is InChI=1S/C13H22N5O2.HI/c1-15-9(7-8-18(4,5)6)14-11-10(15)12(19)17(3)13(20)16(11)2;/h7-8H2,1-6H3;1H/q+1;/p-1. The number of nitrogens with zero attached hydrogens (tertiary/aromatic N) is 5. The molecule has 21 heavy (non-hydrogen) atoms. The number of fused-ring (bicyclic) bond motifs is 1. The van der Waals surface area contributed by atoms with E-state index < -0.39 is 0 Å². The Kier molecular flexibility index (Phi) is 5.04. The monoisotopic (exact) mass is 407 g/mol. The quantitative estimate of drug-likeness (QED) is 0.388. The van der Waals surface area contributed by atoms with Gasteiger partial charge in [-0.05, 0) is 0 Å². The Hall–Kier alpha value is -1.16. The Labute approximate surface area is 140 Å². The molecule has 0 saturated heterocycles. The molecule has 0 N–H and O–H groups in total. The molecule has 2 aromatic heterocycles. The zero-order valence-corrected chi connectivity index (χ0v) is 15.5. The van der Waals surface area contributed by atoms with Crippen molar-refractivity contribution in [3.8, 4) is 0 Å². The maximum Gasteiger partial charge on any atom is 0.332 e.